The van der Waals surface area contributed by atoms with Crippen molar-refractivity contribution in [1.82, 2.24) is 10.3 Å². The largest absolute Gasteiger partial charge is 0.317 e. The third-order valence-corrected chi connectivity index (χ3v) is 2.85. The Hall–Kier alpha value is -1.04. The molecule has 1 saturated heterocycles. The van der Waals surface area contributed by atoms with E-state index in [1.165, 1.54) is 0 Å². The van der Waals surface area contributed by atoms with Crippen molar-refractivity contribution in [2.45, 2.75) is 12.8 Å². The Morgan fingerprint density at radius 1 is 1.40 bits per heavy atom. The first-order chi connectivity index (χ1) is 7.36. The van der Waals surface area contributed by atoms with Crippen LogP contribution in [-0.4, -0.2) is 18.1 Å². The predicted molar refractivity (Wildman–Crippen MR) is 61.7 cm³/mol. The number of nitrogens with one attached hydrogen (secondary N) is 1. The predicted octanol–water partition coefficient (Wildman–Crippen LogP) is 2.09. The fraction of sp³-hybridized carbons (Fsp3) is 0.417. The average Bonchev–Trinajstić information content (AvgIpc) is 2.29. The summed E-state index contributed by atoms with van der Waals surface area (Å²) < 4.78 is 0. The molecule has 2 rings (SSSR count). The Kier molecular flexibility index (Phi) is 3.60. The second-order valence-electron chi connectivity index (χ2n) is 3.65. The molecule has 1 aliphatic heterocycles. The van der Waals surface area contributed by atoms with Crippen molar-refractivity contribution in [1.29, 1.82) is 0 Å². The highest BCUT2D eigenvalue weighted by Gasteiger charge is 2.09. The van der Waals surface area contributed by atoms with Crippen LogP contribution in [0.5, 0.6) is 0 Å². The summed E-state index contributed by atoms with van der Waals surface area (Å²) in [6, 6.07) is 1.77. The topological polar surface area (TPSA) is 24.9 Å². The van der Waals surface area contributed by atoms with Crippen LogP contribution in [0.4, 0.5) is 0 Å². The Labute approximate surface area is 95.1 Å². The number of pyridine rings is 1. The molecule has 0 amide bonds. The lowest BCUT2D eigenvalue weighted by Gasteiger charge is -2.17. The minimum atomic E-state index is 0.502. The van der Waals surface area contributed by atoms with E-state index in [2.05, 4.69) is 22.1 Å². The number of rotatable bonds is 0. The summed E-state index contributed by atoms with van der Waals surface area (Å²) in [5, 5.41) is 4.00. The zero-order valence-corrected chi connectivity index (χ0v) is 9.22. The van der Waals surface area contributed by atoms with Gasteiger partial charge in [-0.25, -0.2) is 0 Å². The number of nitrogens with zero attached hydrogens (tertiary/aromatic N) is 1. The molecule has 0 unspecified atom stereocenters. The number of aromatic nitrogens is 1. The first-order valence-electron chi connectivity index (χ1n) is 5.18. The van der Waals surface area contributed by atoms with Gasteiger partial charge in [0.1, 0.15) is 0 Å². The molecule has 0 radical (unpaired) electrons. The van der Waals surface area contributed by atoms with Crippen molar-refractivity contribution in [3.63, 3.8) is 0 Å². The summed E-state index contributed by atoms with van der Waals surface area (Å²) in [6.07, 6.45) is 5.66. The van der Waals surface area contributed by atoms with E-state index in [1.807, 2.05) is 0 Å². The first kappa shape index (κ1) is 10.5. The third-order valence-electron chi connectivity index (χ3n) is 2.52. The monoisotopic (exact) mass is 220 g/mol. The van der Waals surface area contributed by atoms with Crippen molar-refractivity contribution in [2.24, 2.45) is 5.92 Å². The Morgan fingerprint density at radius 2 is 2.20 bits per heavy atom. The molecule has 1 aliphatic rings. The van der Waals surface area contributed by atoms with Crippen LogP contribution in [0.3, 0.4) is 0 Å². The van der Waals surface area contributed by atoms with Gasteiger partial charge in [0.25, 0.3) is 0 Å². The molecule has 1 fully saturated rings. The van der Waals surface area contributed by atoms with Gasteiger partial charge in [0.15, 0.2) is 0 Å². The Balaban J connectivity index is 2.07. The quantitative estimate of drug-likeness (QED) is 0.678. The molecule has 0 spiro atoms. The molecule has 0 aromatic carbocycles. The highest BCUT2D eigenvalue weighted by molar-refractivity contribution is 6.31. The maximum atomic E-state index is 5.99. The van der Waals surface area contributed by atoms with Crippen molar-refractivity contribution < 1.29 is 0 Å². The molecular formula is C12H13ClN2. The van der Waals surface area contributed by atoms with Crippen molar-refractivity contribution >= 4 is 11.6 Å². The number of hydrogen-bond acceptors (Lipinski definition) is 2. The molecule has 3 heteroatoms. The van der Waals surface area contributed by atoms with Crippen LogP contribution in [-0.2, 0) is 0 Å². The highest BCUT2D eigenvalue weighted by atomic mass is 35.5. The molecule has 0 saturated carbocycles. The van der Waals surface area contributed by atoms with E-state index in [9.17, 15) is 0 Å². The van der Waals surface area contributed by atoms with Crippen LogP contribution in [0.1, 0.15) is 18.4 Å². The van der Waals surface area contributed by atoms with E-state index in [1.54, 1.807) is 18.5 Å². The van der Waals surface area contributed by atoms with E-state index in [0.29, 0.717) is 10.9 Å². The molecule has 2 heterocycles. The molecule has 1 N–H and O–H groups in total. The van der Waals surface area contributed by atoms with Gasteiger partial charge in [-0.2, -0.15) is 0 Å². The number of halogens is 1. The third kappa shape index (κ3) is 2.95. The SMILES string of the molecule is Clc1ccncc1C#CC1CCNCC1. The van der Waals surface area contributed by atoms with Gasteiger partial charge in [-0.1, -0.05) is 23.4 Å². The van der Waals surface area contributed by atoms with Crippen LogP contribution >= 0.6 is 11.6 Å². The lowest BCUT2D eigenvalue weighted by atomic mass is 9.99. The minimum absolute atomic E-state index is 0.502. The number of hydrogen-bond donors (Lipinski definition) is 1. The van der Waals surface area contributed by atoms with Crippen molar-refractivity contribution in [2.75, 3.05) is 13.1 Å². The van der Waals surface area contributed by atoms with Crippen LogP contribution < -0.4 is 5.32 Å². The van der Waals surface area contributed by atoms with E-state index in [-0.39, 0.29) is 0 Å². The smallest absolute Gasteiger partial charge is 0.0615 e. The van der Waals surface area contributed by atoms with Gasteiger partial charge >= 0.3 is 0 Å². The molecule has 0 bridgehead atoms. The first-order valence-corrected chi connectivity index (χ1v) is 5.56. The van der Waals surface area contributed by atoms with Gasteiger partial charge in [0.05, 0.1) is 10.6 Å². The van der Waals surface area contributed by atoms with E-state index in [4.69, 9.17) is 11.6 Å². The molecular weight excluding hydrogens is 208 g/mol. The lowest BCUT2D eigenvalue weighted by molar-refractivity contribution is 0.447. The lowest BCUT2D eigenvalue weighted by Crippen LogP contribution is -2.26. The average molecular weight is 221 g/mol. The van der Waals surface area contributed by atoms with Gasteiger partial charge in [0.2, 0.25) is 0 Å². The minimum Gasteiger partial charge on any atom is -0.317 e. The van der Waals surface area contributed by atoms with Crippen molar-refractivity contribution in [3.05, 3.63) is 29.0 Å². The van der Waals surface area contributed by atoms with Crippen LogP contribution in [0.15, 0.2) is 18.5 Å². The number of piperidine rings is 1. The molecule has 0 atom stereocenters. The van der Waals surface area contributed by atoms with Crippen LogP contribution in [0.2, 0.25) is 5.02 Å². The Bertz CT molecular complexity index is 386. The second-order valence-corrected chi connectivity index (χ2v) is 4.06. The van der Waals surface area contributed by atoms with Crippen molar-refractivity contribution in [3.8, 4) is 11.8 Å². The fourth-order valence-electron chi connectivity index (χ4n) is 1.62. The van der Waals surface area contributed by atoms with Crippen LogP contribution in [0.25, 0.3) is 0 Å². The maximum Gasteiger partial charge on any atom is 0.0615 e. The van der Waals surface area contributed by atoms with E-state index < -0.39 is 0 Å². The summed E-state index contributed by atoms with van der Waals surface area (Å²) in [6.45, 7) is 2.14. The molecule has 15 heavy (non-hydrogen) atoms. The molecule has 2 nitrogen and oxygen atoms in total. The zero-order valence-electron chi connectivity index (χ0n) is 8.46. The maximum absolute atomic E-state index is 5.99. The van der Waals surface area contributed by atoms with Gasteiger partial charge in [-0.05, 0) is 32.0 Å². The molecule has 1 aromatic heterocycles. The summed E-state index contributed by atoms with van der Waals surface area (Å²) >= 11 is 5.99. The zero-order chi connectivity index (χ0) is 10.5. The van der Waals surface area contributed by atoms with E-state index >= 15 is 0 Å². The Morgan fingerprint density at radius 3 is 2.93 bits per heavy atom. The molecule has 78 valence electrons. The van der Waals surface area contributed by atoms with E-state index in [0.717, 1.165) is 31.5 Å². The molecule has 0 aliphatic carbocycles. The fourth-order valence-corrected chi connectivity index (χ4v) is 1.77. The second kappa shape index (κ2) is 5.16. The summed E-state index contributed by atoms with van der Waals surface area (Å²) in [5.74, 6) is 6.88. The summed E-state index contributed by atoms with van der Waals surface area (Å²) in [7, 11) is 0. The molecule has 1 aromatic rings. The summed E-state index contributed by atoms with van der Waals surface area (Å²) in [4.78, 5) is 4.01. The van der Waals surface area contributed by atoms with Crippen LogP contribution in [0, 0.1) is 17.8 Å². The standard InChI is InChI=1S/C12H13ClN2/c13-12-5-8-15-9-11(12)2-1-10-3-6-14-7-4-10/h5,8-10,14H,3-4,6-7H2. The normalized spacial score (nSPS) is 16.9. The van der Waals surface area contributed by atoms with Gasteiger partial charge < -0.3 is 5.32 Å². The van der Waals surface area contributed by atoms with Gasteiger partial charge in [-0.3, -0.25) is 4.98 Å². The van der Waals surface area contributed by atoms with Gasteiger partial charge in [0, 0.05) is 18.3 Å². The van der Waals surface area contributed by atoms with Gasteiger partial charge in [-0.15, -0.1) is 0 Å². The highest BCUT2D eigenvalue weighted by Crippen LogP contribution is 2.14. The summed E-state index contributed by atoms with van der Waals surface area (Å²) in [5.41, 5.74) is 0.831.